The molecule has 0 aliphatic carbocycles. The second-order valence-corrected chi connectivity index (χ2v) is 7.09. The Morgan fingerprint density at radius 3 is 2.89 bits per heavy atom. The predicted octanol–water partition coefficient (Wildman–Crippen LogP) is 3.70. The summed E-state index contributed by atoms with van der Waals surface area (Å²) in [6.07, 6.45) is 9.77. The van der Waals surface area contributed by atoms with E-state index < -0.39 is 0 Å². The van der Waals surface area contributed by atoms with E-state index in [0.717, 1.165) is 43.1 Å². The maximum atomic E-state index is 4.75. The second kappa shape index (κ2) is 8.22. The molecule has 6 heteroatoms. The van der Waals surface area contributed by atoms with Crippen LogP contribution in [0.3, 0.4) is 0 Å². The lowest BCUT2D eigenvalue weighted by molar-refractivity contribution is 0.198. The van der Waals surface area contributed by atoms with Crippen LogP contribution in [-0.2, 0) is 6.54 Å². The van der Waals surface area contributed by atoms with E-state index in [9.17, 15) is 0 Å². The summed E-state index contributed by atoms with van der Waals surface area (Å²) in [7, 11) is 0. The van der Waals surface area contributed by atoms with Gasteiger partial charge in [-0.25, -0.2) is 15.0 Å². The van der Waals surface area contributed by atoms with Gasteiger partial charge in [-0.1, -0.05) is 12.1 Å². The molecule has 0 radical (unpaired) electrons. The first-order chi connectivity index (χ1) is 13.3. The average molecular weight is 360 g/mol. The third-order valence-corrected chi connectivity index (χ3v) is 4.88. The second-order valence-electron chi connectivity index (χ2n) is 7.09. The molecule has 0 amide bonds. The number of anilines is 2. The highest BCUT2D eigenvalue weighted by molar-refractivity contribution is 5.47. The quantitative estimate of drug-likeness (QED) is 0.748. The van der Waals surface area contributed by atoms with Gasteiger partial charge in [0.1, 0.15) is 5.82 Å². The first-order valence-corrected chi connectivity index (χ1v) is 9.40. The molecule has 0 spiro atoms. The van der Waals surface area contributed by atoms with Gasteiger partial charge in [0.15, 0.2) is 0 Å². The number of aryl methyl sites for hydroxylation is 1. The first-order valence-electron chi connectivity index (χ1n) is 9.40. The number of hydrogen-bond acceptors (Lipinski definition) is 6. The van der Waals surface area contributed by atoms with Crippen LogP contribution in [0.4, 0.5) is 11.8 Å². The largest absolute Gasteiger partial charge is 0.309 e. The van der Waals surface area contributed by atoms with Crippen LogP contribution >= 0.6 is 0 Å². The Morgan fingerprint density at radius 1 is 1.11 bits per heavy atom. The molecule has 1 aliphatic heterocycles. The highest BCUT2D eigenvalue weighted by Crippen LogP contribution is 2.27. The minimum Gasteiger partial charge on any atom is -0.309 e. The van der Waals surface area contributed by atoms with Crippen LogP contribution in [0.5, 0.6) is 0 Å². The van der Waals surface area contributed by atoms with Crippen LogP contribution in [-0.4, -0.2) is 37.9 Å². The van der Waals surface area contributed by atoms with Crippen molar-refractivity contribution in [3.63, 3.8) is 0 Å². The van der Waals surface area contributed by atoms with E-state index in [-0.39, 0.29) is 0 Å². The zero-order valence-electron chi connectivity index (χ0n) is 15.5. The summed E-state index contributed by atoms with van der Waals surface area (Å²) in [5.74, 6) is 1.79. The average Bonchev–Trinajstić information content (AvgIpc) is 2.71. The normalized spacial score (nSPS) is 17.6. The molecule has 4 heterocycles. The van der Waals surface area contributed by atoms with Crippen LogP contribution in [0.15, 0.2) is 55.1 Å². The summed E-state index contributed by atoms with van der Waals surface area (Å²) < 4.78 is 0. The van der Waals surface area contributed by atoms with Gasteiger partial charge in [0.2, 0.25) is 5.95 Å². The van der Waals surface area contributed by atoms with Crippen molar-refractivity contribution < 1.29 is 0 Å². The maximum Gasteiger partial charge on any atom is 0.228 e. The van der Waals surface area contributed by atoms with Crippen LogP contribution in [0, 0.1) is 6.92 Å². The SMILES string of the molecule is Cc1ccc(Nc2nccc([C@H]3CCCN(Cc4cccnc4)C3)n2)nc1. The van der Waals surface area contributed by atoms with Gasteiger partial charge in [-0.05, 0) is 55.6 Å². The Hall–Kier alpha value is -2.86. The molecule has 0 saturated carbocycles. The molecule has 0 bridgehead atoms. The lowest BCUT2D eigenvalue weighted by atomic mass is 9.94. The topological polar surface area (TPSA) is 66.8 Å². The number of nitrogens with zero attached hydrogens (tertiary/aromatic N) is 5. The number of rotatable bonds is 5. The molecule has 1 N–H and O–H groups in total. The van der Waals surface area contributed by atoms with Crippen molar-refractivity contribution in [1.29, 1.82) is 0 Å². The fourth-order valence-electron chi connectivity index (χ4n) is 3.51. The highest BCUT2D eigenvalue weighted by Gasteiger charge is 2.23. The van der Waals surface area contributed by atoms with Crippen LogP contribution in [0.1, 0.15) is 35.6 Å². The smallest absolute Gasteiger partial charge is 0.228 e. The van der Waals surface area contributed by atoms with Crippen molar-refractivity contribution >= 4 is 11.8 Å². The van der Waals surface area contributed by atoms with E-state index in [2.05, 4.69) is 31.2 Å². The molecule has 3 aromatic heterocycles. The predicted molar refractivity (Wildman–Crippen MR) is 106 cm³/mol. The van der Waals surface area contributed by atoms with Crippen LogP contribution in [0.2, 0.25) is 0 Å². The summed E-state index contributed by atoms with van der Waals surface area (Å²) in [6.45, 7) is 5.09. The van der Waals surface area contributed by atoms with Gasteiger partial charge < -0.3 is 5.32 Å². The standard InChI is InChI=1S/C21H24N6/c1-16-6-7-20(24-12-16)26-21-23-10-8-19(25-21)18-5-3-11-27(15-18)14-17-4-2-9-22-13-17/h2,4,6-10,12-13,18H,3,5,11,14-15H2,1H3,(H,23,24,25,26)/t18-/m0/s1. The minimum atomic E-state index is 0.421. The number of pyridine rings is 2. The molecule has 27 heavy (non-hydrogen) atoms. The van der Waals surface area contributed by atoms with Gasteiger partial charge in [0, 0.05) is 43.8 Å². The van der Waals surface area contributed by atoms with Crippen molar-refractivity contribution in [1.82, 2.24) is 24.8 Å². The summed E-state index contributed by atoms with van der Waals surface area (Å²) in [5, 5.41) is 3.21. The Labute approximate surface area is 159 Å². The Bertz CT molecular complexity index is 865. The fourth-order valence-corrected chi connectivity index (χ4v) is 3.51. The number of hydrogen-bond donors (Lipinski definition) is 1. The number of piperidine rings is 1. The number of nitrogens with one attached hydrogen (secondary N) is 1. The summed E-state index contributed by atoms with van der Waals surface area (Å²) in [6, 6.07) is 10.1. The van der Waals surface area contributed by atoms with Crippen LogP contribution in [0.25, 0.3) is 0 Å². The molecule has 1 aliphatic rings. The molecular formula is C21H24N6. The molecule has 1 fully saturated rings. The molecule has 0 aromatic carbocycles. The van der Waals surface area contributed by atoms with Gasteiger partial charge in [0.25, 0.3) is 0 Å². The van der Waals surface area contributed by atoms with Crippen molar-refractivity contribution in [2.24, 2.45) is 0 Å². The fraction of sp³-hybridized carbons (Fsp3) is 0.333. The third-order valence-electron chi connectivity index (χ3n) is 4.88. The first kappa shape index (κ1) is 17.5. The third kappa shape index (κ3) is 4.65. The van der Waals surface area contributed by atoms with Crippen molar-refractivity contribution in [2.75, 3.05) is 18.4 Å². The van der Waals surface area contributed by atoms with Crippen molar-refractivity contribution in [3.8, 4) is 0 Å². The van der Waals surface area contributed by atoms with Gasteiger partial charge in [-0.3, -0.25) is 9.88 Å². The van der Waals surface area contributed by atoms with Gasteiger partial charge in [0.05, 0.1) is 5.69 Å². The van der Waals surface area contributed by atoms with E-state index in [1.165, 1.54) is 12.0 Å². The Morgan fingerprint density at radius 2 is 2.07 bits per heavy atom. The Kier molecular flexibility index (Phi) is 5.34. The molecular weight excluding hydrogens is 336 g/mol. The number of aromatic nitrogens is 4. The highest BCUT2D eigenvalue weighted by atomic mass is 15.2. The van der Waals surface area contributed by atoms with Gasteiger partial charge in [-0.2, -0.15) is 0 Å². The molecule has 0 unspecified atom stereocenters. The molecule has 1 atom stereocenters. The van der Waals surface area contributed by atoms with Crippen molar-refractivity contribution in [2.45, 2.75) is 32.2 Å². The molecule has 4 rings (SSSR count). The van der Waals surface area contributed by atoms with Crippen molar-refractivity contribution in [3.05, 3.63) is 71.9 Å². The zero-order chi connectivity index (χ0) is 18.5. The zero-order valence-corrected chi connectivity index (χ0v) is 15.5. The summed E-state index contributed by atoms with van der Waals surface area (Å²) in [5.41, 5.74) is 3.48. The van der Waals surface area contributed by atoms with Crippen LogP contribution < -0.4 is 5.32 Å². The van der Waals surface area contributed by atoms with E-state index >= 15 is 0 Å². The van der Waals surface area contributed by atoms with E-state index in [1.807, 2.05) is 56.0 Å². The van der Waals surface area contributed by atoms with E-state index in [0.29, 0.717) is 11.9 Å². The lowest BCUT2D eigenvalue weighted by Gasteiger charge is -2.32. The van der Waals surface area contributed by atoms with Gasteiger partial charge >= 0.3 is 0 Å². The summed E-state index contributed by atoms with van der Waals surface area (Å²) >= 11 is 0. The van der Waals surface area contributed by atoms with E-state index in [1.54, 1.807) is 0 Å². The van der Waals surface area contributed by atoms with E-state index in [4.69, 9.17) is 4.98 Å². The van der Waals surface area contributed by atoms with Gasteiger partial charge in [-0.15, -0.1) is 0 Å². The minimum absolute atomic E-state index is 0.421. The molecule has 138 valence electrons. The maximum absolute atomic E-state index is 4.75. The molecule has 3 aromatic rings. The number of likely N-dealkylation sites (tertiary alicyclic amines) is 1. The summed E-state index contributed by atoms with van der Waals surface area (Å²) in [4.78, 5) is 20.2. The molecule has 1 saturated heterocycles. The molecule has 6 nitrogen and oxygen atoms in total. The Balaban J connectivity index is 1.43. The lowest BCUT2D eigenvalue weighted by Crippen LogP contribution is -2.34. The monoisotopic (exact) mass is 360 g/mol.